The number of ether oxygens (including phenoxy) is 2. The zero-order chi connectivity index (χ0) is 14.5. The quantitative estimate of drug-likeness (QED) is 0.788. The van der Waals surface area contributed by atoms with E-state index in [9.17, 15) is 13.6 Å². The van der Waals surface area contributed by atoms with Crippen LogP contribution in [0.3, 0.4) is 0 Å². The third-order valence-corrected chi connectivity index (χ3v) is 2.66. The summed E-state index contributed by atoms with van der Waals surface area (Å²) < 4.78 is 37.0. The number of benzene rings is 2. The van der Waals surface area contributed by atoms with E-state index < -0.39 is 17.4 Å². The molecule has 2 aromatic carbocycles. The summed E-state index contributed by atoms with van der Waals surface area (Å²) in [4.78, 5) is 11.8. The van der Waals surface area contributed by atoms with Crippen LogP contribution in [0.2, 0.25) is 0 Å². The molecule has 2 aromatic rings. The molecule has 5 heteroatoms. The molecule has 0 bridgehead atoms. The number of hydrogen-bond acceptors (Lipinski definition) is 3. The Bertz CT molecular complexity index is 612. The summed E-state index contributed by atoms with van der Waals surface area (Å²) in [5.74, 6) is -2.05. The van der Waals surface area contributed by atoms with Gasteiger partial charge in [-0.3, -0.25) is 4.79 Å². The largest absolute Gasteiger partial charge is 0.494 e. The molecule has 0 aliphatic carbocycles. The van der Waals surface area contributed by atoms with Crippen molar-refractivity contribution in [1.29, 1.82) is 0 Å². The molecule has 0 saturated heterocycles. The van der Waals surface area contributed by atoms with E-state index >= 15 is 0 Å². The van der Waals surface area contributed by atoms with Crippen molar-refractivity contribution in [3.8, 4) is 11.5 Å². The molecule has 0 heterocycles. The number of ketones is 1. The van der Waals surface area contributed by atoms with Gasteiger partial charge in [-0.15, -0.1) is 0 Å². The van der Waals surface area contributed by atoms with Crippen molar-refractivity contribution in [2.24, 2.45) is 0 Å². The summed E-state index contributed by atoms with van der Waals surface area (Å²) >= 11 is 0. The summed E-state index contributed by atoms with van der Waals surface area (Å²) in [6.07, 6.45) is 0. The third-order valence-electron chi connectivity index (χ3n) is 2.66. The molecule has 0 N–H and O–H groups in total. The highest BCUT2D eigenvalue weighted by molar-refractivity contribution is 5.97. The molecule has 2 rings (SSSR count). The fraction of sp³-hybridized carbons (Fsp3) is 0.133. The second-order valence-corrected chi connectivity index (χ2v) is 3.99. The van der Waals surface area contributed by atoms with Gasteiger partial charge in [-0.1, -0.05) is 18.2 Å². The average Bonchev–Trinajstić information content (AvgIpc) is 2.47. The number of para-hydroxylation sites is 1. The van der Waals surface area contributed by atoms with Crippen molar-refractivity contribution in [3.63, 3.8) is 0 Å². The van der Waals surface area contributed by atoms with Gasteiger partial charge in [0.15, 0.2) is 18.2 Å². The monoisotopic (exact) mass is 278 g/mol. The minimum absolute atomic E-state index is 0.247. The summed E-state index contributed by atoms with van der Waals surface area (Å²) in [5, 5.41) is 0. The van der Waals surface area contributed by atoms with Crippen molar-refractivity contribution < 1.29 is 23.0 Å². The molecule has 3 nitrogen and oxygen atoms in total. The van der Waals surface area contributed by atoms with Crippen LogP contribution in [0.15, 0.2) is 42.5 Å². The van der Waals surface area contributed by atoms with Gasteiger partial charge in [0.2, 0.25) is 5.78 Å². The maximum absolute atomic E-state index is 13.7. The smallest absolute Gasteiger partial charge is 0.203 e. The minimum atomic E-state index is -0.843. The Morgan fingerprint density at radius 1 is 1.10 bits per heavy atom. The topological polar surface area (TPSA) is 35.5 Å². The van der Waals surface area contributed by atoms with E-state index in [-0.39, 0.29) is 17.9 Å². The Balaban J connectivity index is 2.11. The van der Waals surface area contributed by atoms with E-state index in [1.165, 1.54) is 7.11 Å². The van der Waals surface area contributed by atoms with Gasteiger partial charge in [0.05, 0.1) is 12.7 Å². The third kappa shape index (κ3) is 3.12. The number of halogens is 2. The van der Waals surface area contributed by atoms with Gasteiger partial charge in [-0.25, -0.2) is 8.78 Å². The van der Waals surface area contributed by atoms with E-state index in [1.807, 2.05) is 0 Å². The predicted molar refractivity (Wildman–Crippen MR) is 69.2 cm³/mol. The standard InChI is InChI=1S/C15H12F2O3/c1-19-15-8-12(16)11(7-13(15)17)14(18)9-20-10-5-3-2-4-6-10/h2-8H,9H2,1H3. The van der Waals surface area contributed by atoms with Crippen molar-refractivity contribution >= 4 is 5.78 Å². The molecule has 0 aliphatic heterocycles. The van der Waals surface area contributed by atoms with Crippen molar-refractivity contribution in [2.75, 3.05) is 13.7 Å². The Kier molecular flexibility index (Phi) is 4.30. The van der Waals surface area contributed by atoms with Crippen LogP contribution < -0.4 is 9.47 Å². The van der Waals surface area contributed by atoms with Crippen LogP contribution >= 0.6 is 0 Å². The molecular formula is C15H12F2O3. The van der Waals surface area contributed by atoms with Gasteiger partial charge < -0.3 is 9.47 Å². The van der Waals surface area contributed by atoms with Gasteiger partial charge in [0, 0.05) is 6.07 Å². The summed E-state index contributed by atoms with van der Waals surface area (Å²) in [7, 11) is 1.22. The van der Waals surface area contributed by atoms with Crippen molar-refractivity contribution in [2.45, 2.75) is 0 Å². The van der Waals surface area contributed by atoms with Gasteiger partial charge in [-0.2, -0.15) is 0 Å². The van der Waals surface area contributed by atoms with E-state index in [0.717, 1.165) is 12.1 Å². The van der Waals surface area contributed by atoms with Crippen LogP contribution in [0.4, 0.5) is 8.78 Å². The SMILES string of the molecule is COc1cc(F)c(C(=O)COc2ccccc2)cc1F. The highest BCUT2D eigenvalue weighted by Crippen LogP contribution is 2.21. The molecule has 0 amide bonds. The van der Waals surface area contributed by atoms with E-state index in [0.29, 0.717) is 5.75 Å². The maximum Gasteiger partial charge on any atom is 0.203 e. The van der Waals surface area contributed by atoms with Crippen LogP contribution in [0.1, 0.15) is 10.4 Å². The van der Waals surface area contributed by atoms with Crippen LogP contribution in [0.25, 0.3) is 0 Å². The summed E-state index contributed by atoms with van der Waals surface area (Å²) in [5.41, 5.74) is -0.362. The first-order valence-corrected chi connectivity index (χ1v) is 5.86. The molecule has 0 atom stereocenters. The molecule has 20 heavy (non-hydrogen) atoms. The molecule has 0 aliphatic rings. The number of hydrogen-bond donors (Lipinski definition) is 0. The fourth-order valence-electron chi connectivity index (χ4n) is 1.64. The number of Topliss-reactive ketones (excluding diaryl/α,β-unsaturated/α-hetero) is 1. The molecular weight excluding hydrogens is 266 g/mol. The lowest BCUT2D eigenvalue weighted by Gasteiger charge is -2.08. The molecule has 104 valence electrons. The average molecular weight is 278 g/mol. The van der Waals surface area contributed by atoms with Gasteiger partial charge >= 0.3 is 0 Å². The number of rotatable bonds is 5. The Labute approximate surface area is 114 Å². The van der Waals surface area contributed by atoms with Gasteiger partial charge in [-0.05, 0) is 18.2 Å². The predicted octanol–water partition coefficient (Wildman–Crippen LogP) is 3.24. The highest BCUT2D eigenvalue weighted by atomic mass is 19.1. The Morgan fingerprint density at radius 2 is 1.80 bits per heavy atom. The van der Waals surface area contributed by atoms with Crippen LogP contribution in [-0.4, -0.2) is 19.5 Å². The van der Waals surface area contributed by atoms with E-state index in [1.54, 1.807) is 30.3 Å². The minimum Gasteiger partial charge on any atom is -0.494 e. The van der Waals surface area contributed by atoms with Crippen LogP contribution in [0.5, 0.6) is 11.5 Å². The lowest BCUT2D eigenvalue weighted by Crippen LogP contribution is -2.14. The normalized spacial score (nSPS) is 10.2. The molecule has 0 saturated carbocycles. The second kappa shape index (κ2) is 6.14. The van der Waals surface area contributed by atoms with Gasteiger partial charge in [0.25, 0.3) is 0 Å². The van der Waals surface area contributed by atoms with Crippen molar-refractivity contribution in [1.82, 2.24) is 0 Å². The first kappa shape index (κ1) is 14.0. The second-order valence-electron chi connectivity index (χ2n) is 3.99. The van der Waals surface area contributed by atoms with Crippen LogP contribution in [0, 0.1) is 11.6 Å². The fourth-order valence-corrected chi connectivity index (χ4v) is 1.64. The van der Waals surface area contributed by atoms with Crippen molar-refractivity contribution in [3.05, 3.63) is 59.7 Å². The van der Waals surface area contributed by atoms with Gasteiger partial charge in [0.1, 0.15) is 11.6 Å². The first-order valence-electron chi connectivity index (χ1n) is 5.86. The zero-order valence-corrected chi connectivity index (χ0v) is 10.7. The molecule has 0 unspecified atom stereocenters. The number of carbonyl (C=O) groups is 1. The molecule has 0 aromatic heterocycles. The lowest BCUT2D eigenvalue weighted by molar-refractivity contribution is 0.0917. The van der Waals surface area contributed by atoms with E-state index in [4.69, 9.17) is 4.74 Å². The summed E-state index contributed by atoms with van der Waals surface area (Å²) in [6.45, 7) is -0.368. The molecule has 0 spiro atoms. The Morgan fingerprint density at radius 3 is 2.45 bits per heavy atom. The number of carbonyl (C=O) groups excluding carboxylic acids is 1. The molecule has 0 radical (unpaired) electrons. The van der Waals surface area contributed by atoms with E-state index in [2.05, 4.69) is 4.74 Å². The molecule has 0 fully saturated rings. The maximum atomic E-state index is 13.7. The first-order chi connectivity index (χ1) is 9.61. The summed E-state index contributed by atoms with van der Waals surface area (Å²) in [6, 6.07) is 10.3. The Hall–Kier alpha value is -2.43. The lowest BCUT2D eigenvalue weighted by atomic mass is 10.1. The van der Waals surface area contributed by atoms with Crippen LogP contribution in [-0.2, 0) is 0 Å². The zero-order valence-electron chi connectivity index (χ0n) is 10.7. The highest BCUT2D eigenvalue weighted by Gasteiger charge is 2.17. The number of methoxy groups -OCH3 is 1.